The third kappa shape index (κ3) is 2.55. The molecule has 0 unspecified atom stereocenters. The van der Waals surface area contributed by atoms with E-state index in [0.717, 1.165) is 0 Å². The van der Waals surface area contributed by atoms with Crippen molar-refractivity contribution in [2.75, 3.05) is 0 Å². The SMILES string of the molecule is C[C@@H](O)/C=C/[C@@]1(O)C=CC(=O)CC1(C)C. The standard InChI is InChI=1S/C12H18O3/c1-9(13)4-6-12(15)7-5-10(14)8-11(12,2)3/h4-7,9,13,15H,8H2,1-3H3/b6-4+/t9-,12-/m1/s1. The second kappa shape index (κ2) is 3.91. The molecule has 3 nitrogen and oxygen atoms in total. The first-order chi connectivity index (χ1) is 6.77. The van der Waals surface area contributed by atoms with Crippen molar-refractivity contribution in [2.45, 2.75) is 38.9 Å². The van der Waals surface area contributed by atoms with E-state index in [-0.39, 0.29) is 5.78 Å². The Labute approximate surface area is 90.1 Å². The third-order valence-corrected chi connectivity index (χ3v) is 2.85. The summed E-state index contributed by atoms with van der Waals surface area (Å²) in [6, 6.07) is 0. The van der Waals surface area contributed by atoms with Crippen molar-refractivity contribution < 1.29 is 15.0 Å². The van der Waals surface area contributed by atoms with Gasteiger partial charge in [0.25, 0.3) is 0 Å². The molecule has 0 spiro atoms. The highest BCUT2D eigenvalue weighted by atomic mass is 16.3. The van der Waals surface area contributed by atoms with Crippen molar-refractivity contribution in [1.29, 1.82) is 0 Å². The van der Waals surface area contributed by atoms with E-state index in [1.165, 1.54) is 18.2 Å². The lowest BCUT2D eigenvalue weighted by atomic mass is 9.68. The Kier molecular flexibility index (Phi) is 3.16. The Balaban J connectivity index is 3.00. The van der Waals surface area contributed by atoms with Crippen LogP contribution in [-0.2, 0) is 4.79 Å². The number of hydrogen-bond donors (Lipinski definition) is 2. The fraction of sp³-hybridized carbons (Fsp3) is 0.583. The van der Waals surface area contributed by atoms with Crippen molar-refractivity contribution in [3.05, 3.63) is 24.3 Å². The molecule has 0 fully saturated rings. The van der Waals surface area contributed by atoms with Gasteiger partial charge in [0.2, 0.25) is 0 Å². The van der Waals surface area contributed by atoms with Crippen LogP contribution in [0, 0.1) is 5.41 Å². The Morgan fingerprint density at radius 2 is 2.13 bits per heavy atom. The van der Waals surface area contributed by atoms with Crippen molar-refractivity contribution in [1.82, 2.24) is 0 Å². The van der Waals surface area contributed by atoms with Crippen LogP contribution >= 0.6 is 0 Å². The molecule has 0 bridgehead atoms. The lowest BCUT2D eigenvalue weighted by Gasteiger charge is -2.40. The van der Waals surface area contributed by atoms with E-state index in [9.17, 15) is 9.90 Å². The third-order valence-electron chi connectivity index (χ3n) is 2.85. The van der Waals surface area contributed by atoms with Gasteiger partial charge in [0.05, 0.1) is 6.10 Å². The highest BCUT2D eigenvalue weighted by Gasteiger charge is 2.43. The van der Waals surface area contributed by atoms with Crippen molar-refractivity contribution in [3.8, 4) is 0 Å². The average Bonchev–Trinajstić information content (AvgIpc) is 2.08. The molecule has 0 amide bonds. The van der Waals surface area contributed by atoms with Gasteiger partial charge in [-0.1, -0.05) is 26.0 Å². The number of aliphatic hydroxyl groups is 2. The first kappa shape index (κ1) is 12.1. The zero-order valence-electron chi connectivity index (χ0n) is 9.40. The molecule has 0 saturated carbocycles. The maximum Gasteiger partial charge on any atom is 0.156 e. The van der Waals surface area contributed by atoms with Crippen LogP contribution in [0.3, 0.4) is 0 Å². The summed E-state index contributed by atoms with van der Waals surface area (Å²) in [6.07, 6.45) is 5.69. The largest absolute Gasteiger partial charge is 0.389 e. The first-order valence-electron chi connectivity index (χ1n) is 5.09. The molecule has 15 heavy (non-hydrogen) atoms. The summed E-state index contributed by atoms with van der Waals surface area (Å²) in [6.45, 7) is 5.28. The van der Waals surface area contributed by atoms with Crippen molar-refractivity contribution in [2.24, 2.45) is 5.41 Å². The van der Waals surface area contributed by atoms with E-state index in [4.69, 9.17) is 5.11 Å². The summed E-state index contributed by atoms with van der Waals surface area (Å²) in [7, 11) is 0. The quantitative estimate of drug-likeness (QED) is 0.673. The van der Waals surface area contributed by atoms with Gasteiger partial charge in [-0.05, 0) is 19.1 Å². The molecule has 1 rings (SSSR count). The molecule has 84 valence electrons. The van der Waals surface area contributed by atoms with Crippen LogP contribution in [0.25, 0.3) is 0 Å². The molecule has 0 aromatic carbocycles. The molecule has 2 N–H and O–H groups in total. The lowest BCUT2D eigenvalue weighted by molar-refractivity contribution is -0.120. The number of rotatable bonds is 2. The Hall–Kier alpha value is -0.930. The molecule has 0 radical (unpaired) electrons. The van der Waals surface area contributed by atoms with Crippen molar-refractivity contribution >= 4 is 5.78 Å². The first-order valence-corrected chi connectivity index (χ1v) is 5.09. The topological polar surface area (TPSA) is 57.5 Å². The molecule has 1 aliphatic rings. The average molecular weight is 210 g/mol. The molecule has 1 aliphatic carbocycles. The Bertz CT molecular complexity index is 313. The van der Waals surface area contributed by atoms with Crippen LogP contribution in [-0.4, -0.2) is 27.7 Å². The fourth-order valence-corrected chi connectivity index (χ4v) is 1.65. The second-order valence-electron chi connectivity index (χ2n) is 4.79. The van der Waals surface area contributed by atoms with E-state index in [2.05, 4.69) is 0 Å². The normalized spacial score (nSPS) is 32.2. The minimum absolute atomic E-state index is 0.0233. The van der Waals surface area contributed by atoms with Crippen LogP contribution in [0.4, 0.5) is 0 Å². The molecule has 2 atom stereocenters. The molecule has 0 saturated heterocycles. The van der Waals surface area contributed by atoms with E-state index in [0.29, 0.717) is 6.42 Å². The van der Waals surface area contributed by atoms with Crippen molar-refractivity contribution in [3.63, 3.8) is 0 Å². The zero-order chi connectivity index (χ0) is 11.7. The van der Waals surface area contributed by atoms with E-state index >= 15 is 0 Å². The van der Waals surface area contributed by atoms with E-state index in [1.54, 1.807) is 13.0 Å². The molecular formula is C12H18O3. The Morgan fingerprint density at radius 1 is 1.53 bits per heavy atom. The zero-order valence-corrected chi connectivity index (χ0v) is 9.40. The summed E-state index contributed by atoms with van der Waals surface area (Å²) in [5.74, 6) is 0.0233. The summed E-state index contributed by atoms with van der Waals surface area (Å²) in [5.41, 5.74) is -1.69. The highest BCUT2D eigenvalue weighted by molar-refractivity contribution is 5.91. The molecule has 0 aromatic rings. The van der Waals surface area contributed by atoms with E-state index < -0.39 is 17.1 Å². The van der Waals surface area contributed by atoms with Gasteiger partial charge in [0.1, 0.15) is 5.60 Å². The Morgan fingerprint density at radius 3 is 2.60 bits per heavy atom. The van der Waals surface area contributed by atoms with Gasteiger partial charge < -0.3 is 10.2 Å². The lowest BCUT2D eigenvalue weighted by Crippen LogP contribution is -2.45. The smallest absolute Gasteiger partial charge is 0.156 e. The van der Waals surface area contributed by atoms with Crippen LogP contribution in [0.2, 0.25) is 0 Å². The van der Waals surface area contributed by atoms with Crippen LogP contribution in [0.15, 0.2) is 24.3 Å². The maximum atomic E-state index is 11.2. The molecule has 0 heterocycles. The van der Waals surface area contributed by atoms with Crippen LogP contribution < -0.4 is 0 Å². The second-order valence-corrected chi connectivity index (χ2v) is 4.79. The summed E-state index contributed by atoms with van der Waals surface area (Å²) in [5, 5.41) is 19.5. The fourth-order valence-electron chi connectivity index (χ4n) is 1.65. The summed E-state index contributed by atoms with van der Waals surface area (Å²) in [4.78, 5) is 11.2. The number of allylic oxidation sites excluding steroid dienone is 1. The van der Waals surface area contributed by atoms with Gasteiger partial charge in [0.15, 0.2) is 5.78 Å². The van der Waals surface area contributed by atoms with Gasteiger partial charge in [0, 0.05) is 11.8 Å². The summed E-state index contributed by atoms with van der Waals surface area (Å²) >= 11 is 0. The van der Waals surface area contributed by atoms with Gasteiger partial charge >= 0.3 is 0 Å². The molecule has 0 aromatic heterocycles. The minimum atomic E-state index is -1.15. The molecule has 3 heteroatoms. The minimum Gasteiger partial charge on any atom is -0.389 e. The number of carbonyl (C=O) groups is 1. The van der Waals surface area contributed by atoms with Gasteiger partial charge in [-0.2, -0.15) is 0 Å². The monoisotopic (exact) mass is 210 g/mol. The van der Waals surface area contributed by atoms with Gasteiger partial charge in [-0.25, -0.2) is 0 Å². The number of ketones is 1. The van der Waals surface area contributed by atoms with E-state index in [1.807, 2.05) is 13.8 Å². The van der Waals surface area contributed by atoms with Crippen LogP contribution in [0.5, 0.6) is 0 Å². The molecular weight excluding hydrogens is 192 g/mol. The number of aliphatic hydroxyl groups excluding tert-OH is 1. The number of hydrogen-bond acceptors (Lipinski definition) is 3. The predicted octanol–water partition coefficient (Wildman–Crippen LogP) is 1.21. The summed E-state index contributed by atoms with van der Waals surface area (Å²) < 4.78 is 0. The van der Waals surface area contributed by atoms with Crippen LogP contribution in [0.1, 0.15) is 27.2 Å². The van der Waals surface area contributed by atoms with Gasteiger partial charge in [-0.3, -0.25) is 4.79 Å². The number of carbonyl (C=O) groups excluding carboxylic acids is 1. The molecule has 0 aliphatic heterocycles. The predicted molar refractivity (Wildman–Crippen MR) is 58.3 cm³/mol. The highest BCUT2D eigenvalue weighted by Crippen LogP contribution is 2.39. The maximum absolute atomic E-state index is 11.2. The van der Waals surface area contributed by atoms with Gasteiger partial charge in [-0.15, -0.1) is 0 Å².